The van der Waals surface area contributed by atoms with Gasteiger partial charge in [-0.1, -0.05) is 13.8 Å². The standard InChI is InChI=1S/C16H24ClN3O/c1-5-19(6-2)11-12(3)20-15-8-7-13(21-4)9-14(15)18-16(20)10-17/h7-9,12H,5-6,10-11H2,1-4H3. The van der Waals surface area contributed by atoms with Crippen LogP contribution in [0.3, 0.4) is 0 Å². The Balaban J connectivity index is 2.41. The minimum atomic E-state index is 0.331. The maximum atomic E-state index is 6.10. The van der Waals surface area contributed by atoms with Gasteiger partial charge in [-0.25, -0.2) is 4.98 Å². The van der Waals surface area contributed by atoms with Gasteiger partial charge in [0, 0.05) is 18.7 Å². The van der Waals surface area contributed by atoms with E-state index in [2.05, 4.69) is 41.3 Å². The second kappa shape index (κ2) is 7.14. The van der Waals surface area contributed by atoms with E-state index in [1.165, 1.54) is 0 Å². The van der Waals surface area contributed by atoms with E-state index in [4.69, 9.17) is 16.3 Å². The third kappa shape index (κ3) is 3.33. The monoisotopic (exact) mass is 309 g/mol. The van der Waals surface area contributed by atoms with Crippen LogP contribution in [0.5, 0.6) is 5.75 Å². The van der Waals surface area contributed by atoms with E-state index in [0.717, 1.165) is 42.2 Å². The number of likely N-dealkylation sites (N-methyl/N-ethyl adjacent to an activating group) is 1. The molecule has 1 unspecified atom stereocenters. The summed E-state index contributed by atoms with van der Waals surface area (Å²) < 4.78 is 7.52. The van der Waals surface area contributed by atoms with Crippen LogP contribution < -0.4 is 4.74 Å². The van der Waals surface area contributed by atoms with Crippen LogP contribution >= 0.6 is 11.6 Å². The average Bonchev–Trinajstić information content (AvgIpc) is 2.89. The SMILES string of the molecule is CCN(CC)CC(C)n1c(CCl)nc2cc(OC)ccc21. The molecule has 0 bridgehead atoms. The van der Waals surface area contributed by atoms with E-state index < -0.39 is 0 Å². The summed E-state index contributed by atoms with van der Waals surface area (Å²) in [6, 6.07) is 6.34. The molecule has 2 aromatic rings. The highest BCUT2D eigenvalue weighted by Crippen LogP contribution is 2.26. The number of halogens is 1. The Morgan fingerprint density at radius 3 is 2.62 bits per heavy atom. The summed E-state index contributed by atoms with van der Waals surface area (Å²) in [6.07, 6.45) is 0. The number of nitrogens with zero attached hydrogens (tertiary/aromatic N) is 3. The first kappa shape index (κ1) is 16.1. The molecule has 0 saturated heterocycles. The van der Waals surface area contributed by atoms with E-state index in [-0.39, 0.29) is 0 Å². The number of benzene rings is 1. The third-order valence-corrected chi connectivity index (χ3v) is 4.19. The number of imidazole rings is 1. The fourth-order valence-corrected chi connectivity index (χ4v) is 2.97. The largest absolute Gasteiger partial charge is 0.497 e. The molecule has 1 aromatic carbocycles. The number of hydrogen-bond donors (Lipinski definition) is 0. The fraction of sp³-hybridized carbons (Fsp3) is 0.562. The van der Waals surface area contributed by atoms with Crippen molar-refractivity contribution < 1.29 is 4.74 Å². The maximum absolute atomic E-state index is 6.10. The molecular weight excluding hydrogens is 286 g/mol. The lowest BCUT2D eigenvalue weighted by Gasteiger charge is -2.25. The smallest absolute Gasteiger partial charge is 0.125 e. The third-order valence-electron chi connectivity index (χ3n) is 3.95. The predicted octanol–water partition coefficient (Wildman–Crippen LogP) is 3.69. The molecule has 1 atom stereocenters. The van der Waals surface area contributed by atoms with Crippen LogP contribution in [-0.4, -0.2) is 41.2 Å². The Morgan fingerprint density at radius 1 is 1.33 bits per heavy atom. The van der Waals surface area contributed by atoms with Gasteiger partial charge in [-0.05, 0) is 32.1 Å². The second-order valence-electron chi connectivity index (χ2n) is 5.22. The van der Waals surface area contributed by atoms with Crippen LogP contribution in [0.15, 0.2) is 18.2 Å². The molecule has 0 aliphatic carbocycles. The first-order chi connectivity index (χ1) is 10.1. The Kier molecular flexibility index (Phi) is 5.48. The van der Waals surface area contributed by atoms with Crippen molar-refractivity contribution in [3.63, 3.8) is 0 Å². The molecular formula is C16H24ClN3O. The second-order valence-corrected chi connectivity index (χ2v) is 5.49. The summed E-state index contributed by atoms with van der Waals surface area (Å²) in [6.45, 7) is 9.70. The summed E-state index contributed by atoms with van der Waals surface area (Å²) >= 11 is 6.10. The molecule has 5 heteroatoms. The minimum Gasteiger partial charge on any atom is -0.497 e. The van der Waals surface area contributed by atoms with Crippen LogP contribution in [0, 0.1) is 0 Å². The number of ether oxygens (including phenoxy) is 1. The van der Waals surface area contributed by atoms with Crippen LogP contribution in [-0.2, 0) is 5.88 Å². The minimum absolute atomic E-state index is 0.331. The van der Waals surface area contributed by atoms with Crippen molar-refractivity contribution in [2.24, 2.45) is 0 Å². The molecule has 0 saturated carbocycles. The van der Waals surface area contributed by atoms with E-state index in [9.17, 15) is 0 Å². The molecule has 0 N–H and O–H groups in total. The Morgan fingerprint density at radius 2 is 2.05 bits per heavy atom. The van der Waals surface area contributed by atoms with E-state index in [0.29, 0.717) is 11.9 Å². The highest BCUT2D eigenvalue weighted by molar-refractivity contribution is 6.16. The first-order valence-corrected chi connectivity index (χ1v) is 8.01. The van der Waals surface area contributed by atoms with Crippen molar-refractivity contribution in [3.05, 3.63) is 24.0 Å². The number of fused-ring (bicyclic) bond motifs is 1. The molecule has 0 aliphatic heterocycles. The molecule has 1 heterocycles. The lowest BCUT2D eigenvalue weighted by atomic mass is 10.2. The highest BCUT2D eigenvalue weighted by Gasteiger charge is 2.17. The number of aromatic nitrogens is 2. The quantitative estimate of drug-likeness (QED) is 0.731. The summed E-state index contributed by atoms with van der Waals surface area (Å²) in [4.78, 5) is 7.07. The summed E-state index contributed by atoms with van der Waals surface area (Å²) in [5, 5.41) is 0. The van der Waals surface area contributed by atoms with Gasteiger partial charge in [-0.3, -0.25) is 0 Å². The lowest BCUT2D eigenvalue weighted by molar-refractivity contribution is 0.261. The average molecular weight is 310 g/mol. The number of rotatable bonds is 7. The molecule has 0 aliphatic rings. The van der Waals surface area contributed by atoms with Gasteiger partial charge in [0.15, 0.2) is 0 Å². The molecule has 2 rings (SSSR count). The number of alkyl halides is 1. The van der Waals surface area contributed by atoms with Gasteiger partial charge in [0.1, 0.15) is 11.6 Å². The van der Waals surface area contributed by atoms with Gasteiger partial charge in [0.05, 0.1) is 24.0 Å². The van der Waals surface area contributed by atoms with Crippen molar-refractivity contribution in [1.82, 2.24) is 14.5 Å². The topological polar surface area (TPSA) is 30.3 Å². The lowest BCUT2D eigenvalue weighted by Crippen LogP contribution is -2.30. The van der Waals surface area contributed by atoms with Crippen molar-refractivity contribution >= 4 is 22.6 Å². The van der Waals surface area contributed by atoms with Crippen molar-refractivity contribution in [2.75, 3.05) is 26.7 Å². The van der Waals surface area contributed by atoms with Crippen molar-refractivity contribution in [3.8, 4) is 5.75 Å². The van der Waals surface area contributed by atoms with Gasteiger partial charge in [0.2, 0.25) is 0 Å². The Labute approximate surface area is 131 Å². The van der Waals surface area contributed by atoms with Crippen LogP contribution in [0.2, 0.25) is 0 Å². The van der Waals surface area contributed by atoms with Crippen molar-refractivity contribution in [1.29, 1.82) is 0 Å². The predicted molar refractivity (Wildman–Crippen MR) is 88.3 cm³/mol. The van der Waals surface area contributed by atoms with Crippen molar-refractivity contribution in [2.45, 2.75) is 32.7 Å². The van der Waals surface area contributed by atoms with Crippen LogP contribution in [0.25, 0.3) is 11.0 Å². The molecule has 0 radical (unpaired) electrons. The van der Waals surface area contributed by atoms with Gasteiger partial charge in [-0.2, -0.15) is 0 Å². The summed E-state index contributed by atoms with van der Waals surface area (Å²) in [5.74, 6) is 2.16. The van der Waals surface area contributed by atoms with E-state index >= 15 is 0 Å². The molecule has 0 spiro atoms. The van der Waals surface area contributed by atoms with Crippen LogP contribution in [0.1, 0.15) is 32.6 Å². The van der Waals surface area contributed by atoms with Gasteiger partial charge >= 0.3 is 0 Å². The summed E-state index contributed by atoms with van der Waals surface area (Å²) in [5.41, 5.74) is 2.06. The van der Waals surface area contributed by atoms with Gasteiger partial charge in [-0.15, -0.1) is 11.6 Å². The summed E-state index contributed by atoms with van der Waals surface area (Å²) in [7, 11) is 1.67. The molecule has 0 amide bonds. The molecule has 21 heavy (non-hydrogen) atoms. The molecule has 116 valence electrons. The zero-order valence-electron chi connectivity index (χ0n) is 13.3. The maximum Gasteiger partial charge on any atom is 0.125 e. The number of methoxy groups -OCH3 is 1. The van der Waals surface area contributed by atoms with Gasteiger partial charge in [0.25, 0.3) is 0 Å². The number of hydrogen-bond acceptors (Lipinski definition) is 3. The van der Waals surface area contributed by atoms with E-state index in [1.54, 1.807) is 7.11 Å². The highest BCUT2D eigenvalue weighted by atomic mass is 35.5. The normalized spacial score (nSPS) is 13.0. The van der Waals surface area contributed by atoms with Gasteiger partial charge < -0.3 is 14.2 Å². The molecule has 1 aromatic heterocycles. The zero-order chi connectivity index (χ0) is 15.4. The first-order valence-electron chi connectivity index (χ1n) is 7.47. The molecule has 0 fully saturated rings. The fourth-order valence-electron chi connectivity index (χ4n) is 2.78. The molecule has 4 nitrogen and oxygen atoms in total. The Bertz CT molecular complexity index is 592. The van der Waals surface area contributed by atoms with E-state index in [1.807, 2.05) is 12.1 Å². The zero-order valence-corrected chi connectivity index (χ0v) is 14.0. The Hall–Kier alpha value is -1.26. The van der Waals surface area contributed by atoms with Crippen LogP contribution in [0.4, 0.5) is 0 Å².